The highest BCUT2D eigenvalue weighted by Crippen LogP contribution is 2.42. The van der Waals surface area contributed by atoms with E-state index in [2.05, 4.69) is 25.1 Å². The molecular weight excluding hydrogens is 242 g/mol. The summed E-state index contributed by atoms with van der Waals surface area (Å²) in [6, 6.07) is 0. The number of nitrogens with two attached hydrogens (primary N) is 1. The van der Waals surface area contributed by atoms with Crippen LogP contribution in [-0.4, -0.2) is 29.8 Å². The van der Waals surface area contributed by atoms with Crippen LogP contribution in [0.15, 0.2) is 0 Å². The quantitative estimate of drug-likeness (QED) is 0.877. The number of fused-ring (bicyclic) bond motifs is 1. The third kappa shape index (κ3) is 1.80. The fraction of sp³-hybridized carbons (Fsp3) is 0.667. The first-order valence-electron chi connectivity index (χ1n) is 6.93. The average Bonchev–Trinajstić information content (AvgIpc) is 3.08. The summed E-state index contributed by atoms with van der Waals surface area (Å²) in [5, 5.41) is 16.7. The molecular formula is C12H17N7. The van der Waals surface area contributed by atoms with Gasteiger partial charge < -0.3 is 10.3 Å². The summed E-state index contributed by atoms with van der Waals surface area (Å²) < 4.78 is 4.12. The fourth-order valence-electron chi connectivity index (χ4n) is 2.85. The molecule has 2 aliphatic rings. The van der Waals surface area contributed by atoms with Crippen LogP contribution in [0, 0.1) is 0 Å². The van der Waals surface area contributed by atoms with Crippen LogP contribution in [0.3, 0.4) is 0 Å². The van der Waals surface area contributed by atoms with Crippen molar-refractivity contribution in [3.05, 3.63) is 17.3 Å². The van der Waals surface area contributed by atoms with Crippen LogP contribution in [0.5, 0.6) is 0 Å². The van der Waals surface area contributed by atoms with Gasteiger partial charge in [-0.25, -0.2) is 4.68 Å². The van der Waals surface area contributed by atoms with Crippen molar-refractivity contribution in [1.82, 2.24) is 29.8 Å². The van der Waals surface area contributed by atoms with Gasteiger partial charge in [-0.3, -0.25) is 0 Å². The Morgan fingerprint density at radius 1 is 1.16 bits per heavy atom. The Labute approximate surface area is 110 Å². The molecule has 1 aliphatic heterocycles. The minimum atomic E-state index is 0.541. The van der Waals surface area contributed by atoms with Gasteiger partial charge in [-0.15, -0.1) is 15.3 Å². The molecule has 0 atom stereocenters. The van der Waals surface area contributed by atoms with Crippen molar-refractivity contribution in [2.24, 2.45) is 0 Å². The van der Waals surface area contributed by atoms with Gasteiger partial charge in [0.15, 0.2) is 11.6 Å². The van der Waals surface area contributed by atoms with Crippen LogP contribution in [0.2, 0.25) is 0 Å². The van der Waals surface area contributed by atoms with E-state index < -0.39 is 0 Å². The van der Waals surface area contributed by atoms with Gasteiger partial charge >= 0.3 is 0 Å². The molecule has 2 aromatic rings. The third-order valence-corrected chi connectivity index (χ3v) is 3.99. The van der Waals surface area contributed by atoms with Gasteiger partial charge in [0.2, 0.25) is 0 Å². The second-order valence-corrected chi connectivity index (χ2v) is 5.43. The minimum absolute atomic E-state index is 0.541. The molecule has 0 spiro atoms. The molecule has 2 N–H and O–H groups in total. The lowest BCUT2D eigenvalue weighted by Crippen LogP contribution is -2.16. The summed E-state index contributed by atoms with van der Waals surface area (Å²) in [7, 11) is 0. The van der Waals surface area contributed by atoms with E-state index in [0.29, 0.717) is 18.3 Å². The van der Waals surface area contributed by atoms with E-state index in [1.54, 1.807) is 0 Å². The summed E-state index contributed by atoms with van der Waals surface area (Å²) in [4.78, 5) is 0. The van der Waals surface area contributed by atoms with Crippen molar-refractivity contribution in [2.75, 3.05) is 5.73 Å². The molecule has 1 aliphatic carbocycles. The SMILES string of the molecule is Nc1nnn(Cc2nnc3n2CCCC3)c1C1CC1. The van der Waals surface area contributed by atoms with Crippen molar-refractivity contribution in [3.8, 4) is 0 Å². The molecule has 0 amide bonds. The lowest BCUT2D eigenvalue weighted by atomic mass is 10.2. The Morgan fingerprint density at radius 3 is 2.89 bits per heavy atom. The number of nitrogen functional groups attached to an aromatic ring is 1. The maximum atomic E-state index is 5.91. The largest absolute Gasteiger partial charge is 0.381 e. The molecule has 7 heteroatoms. The Balaban J connectivity index is 1.66. The van der Waals surface area contributed by atoms with Crippen molar-refractivity contribution in [1.29, 1.82) is 0 Å². The van der Waals surface area contributed by atoms with Crippen LogP contribution in [0.1, 0.15) is 48.9 Å². The van der Waals surface area contributed by atoms with Gasteiger partial charge in [-0.05, 0) is 25.7 Å². The second kappa shape index (κ2) is 4.04. The lowest BCUT2D eigenvalue weighted by molar-refractivity contribution is 0.490. The van der Waals surface area contributed by atoms with Gasteiger partial charge in [0.05, 0.1) is 5.69 Å². The van der Waals surface area contributed by atoms with E-state index >= 15 is 0 Å². The van der Waals surface area contributed by atoms with E-state index in [1.807, 2.05) is 4.68 Å². The molecule has 0 radical (unpaired) electrons. The number of nitrogens with zero attached hydrogens (tertiary/aromatic N) is 6. The first kappa shape index (κ1) is 11.0. The molecule has 0 bridgehead atoms. The smallest absolute Gasteiger partial charge is 0.169 e. The third-order valence-electron chi connectivity index (χ3n) is 3.99. The maximum absolute atomic E-state index is 5.91. The summed E-state index contributed by atoms with van der Waals surface area (Å²) >= 11 is 0. The number of aromatic nitrogens is 6. The van der Waals surface area contributed by atoms with Crippen LogP contribution >= 0.6 is 0 Å². The minimum Gasteiger partial charge on any atom is -0.381 e. The highest BCUT2D eigenvalue weighted by atomic mass is 15.5. The van der Waals surface area contributed by atoms with Gasteiger partial charge in [0.25, 0.3) is 0 Å². The molecule has 3 heterocycles. The molecule has 0 saturated heterocycles. The number of rotatable bonds is 3. The standard InChI is InChI=1S/C12H17N7/c13-12-11(8-4-5-8)19(17-16-12)7-10-15-14-9-3-1-2-6-18(9)10/h8H,1-7,13H2. The molecule has 19 heavy (non-hydrogen) atoms. The Bertz CT molecular complexity index is 608. The summed E-state index contributed by atoms with van der Waals surface area (Å²) in [5.41, 5.74) is 6.99. The van der Waals surface area contributed by atoms with E-state index in [1.165, 1.54) is 25.7 Å². The van der Waals surface area contributed by atoms with Crippen molar-refractivity contribution >= 4 is 5.82 Å². The summed E-state index contributed by atoms with van der Waals surface area (Å²) in [6.07, 6.45) is 5.82. The molecule has 7 nitrogen and oxygen atoms in total. The Kier molecular flexibility index (Phi) is 2.33. The first-order chi connectivity index (χ1) is 9.33. The van der Waals surface area contributed by atoms with E-state index in [-0.39, 0.29) is 0 Å². The van der Waals surface area contributed by atoms with Gasteiger partial charge in [-0.1, -0.05) is 5.21 Å². The van der Waals surface area contributed by atoms with Crippen molar-refractivity contribution < 1.29 is 0 Å². The topological polar surface area (TPSA) is 87.4 Å². The van der Waals surface area contributed by atoms with Gasteiger partial charge in [0, 0.05) is 18.9 Å². The fourth-order valence-corrected chi connectivity index (χ4v) is 2.85. The predicted molar refractivity (Wildman–Crippen MR) is 68.5 cm³/mol. The van der Waals surface area contributed by atoms with Crippen LogP contribution < -0.4 is 5.73 Å². The number of anilines is 1. The van der Waals surface area contributed by atoms with E-state index in [9.17, 15) is 0 Å². The zero-order valence-electron chi connectivity index (χ0n) is 10.8. The number of hydrogen-bond acceptors (Lipinski definition) is 5. The van der Waals surface area contributed by atoms with Crippen LogP contribution in [0.4, 0.5) is 5.82 Å². The van der Waals surface area contributed by atoms with E-state index in [0.717, 1.165) is 30.3 Å². The zero-order valence-corrected chi connectivity index (χ0v) is 10.8. The van der Waals surface area contributed by atoms with Gasteiger partial charge in [0.1, 0.15) is 12.4 Å². The Morgan fingerprint density at radius 2 is 2.05 bits per heavy atom. The lowest BCUT2D eigenvalue weighted by Gasteiger charge is -2.15. The summed E-state index contributed by atoms with van der Waals surface area (Å²) in [5.74, 6) is 3.18. The highest BCUT2D eigenvalue weighted by Gasteiger charge is 2.31. The molecule has 4 rings (SSSR count). The maximum Gasteiger partial charge on any atom is 0.169 e. The molecule has 1 fully saturated rings. The highest BCUT2D eigenvalue weighted by molar-refractivity contribution is 5.38. The van der Waals surface area contributed by atoms with Crippen molar-refractivity contribution in [3.63, 3.8) is 0 Å². The van der Waals surface area contributed by atoms with Crippen LogP contribution in [0.25, 0.3) is 0 Å². The zero-order chi connectivity index (χ0) is 12.8. The normalized spacial score (nSPS) is 18.5. The van der Waals surface area contributed by atoms with Crippen LogP contribution in [-0.2, 0) is 19.5 Å². The molecule has 1 saturated carbocycles. The molecule has 0 aromatic carbocycles. The number of aryl methyl sites for hydroxylation is 1. The molecule has 100 valence electrons. The van der Waals surface area contributed by atoms with Gasteiger partial charge in [-0.2, -0.15) is 0 Å². The average molecular weight is 259 g/mol. The van der Waals surface area contributed by atoms with E-state index in [4.69, 9.17) is 5.73 Å². The first-order valence-corrected chi connectivity index (χ1v) is 6.93. The second-order valence-electron chi connectivity index (χ2n) is 5.43. The molecule has 0 unspecified atom stereocenters. The number of hydrogen-bond donors (Lipinski definition) is 1. The molecule has 2 aromatic heterocycles. The Hall–Kier alpha value is -1.92. The predicted octanol–water partition coefficient (Wildman–Crippen LogP) is 0.714. The monoisotopic (exact) mass is 259 g/mol. The summed E-state index contributed by atoms with van der Waals surface area (Å²) in [6.45, 7) is 1.64. The van der Waals surface area contributed by atoms with Crippen molar-refractivity contribution in [2.45, 2.75) is 51.1 Å².